The molecular formula is C23H20Cl3N. The van der Waals surface area contributed by atoms with Crippen molar-refractivity contribution in [1.82, 2.24) is 4.98 Å². The molecule has 4 rings (SSSR count). The van der Waals surface area contributed by atoms with Gasteiger partial charge in [0.15, 0.2) is 0 Å². The summed E-state index contributed by atoms with van der Waals surface area (Å²) >= 11 is 18.9. The average Bonchev–Trinajstić information content (AvgIpc) is 2.96. The Hall–Kier alpha value is -1.67. The van der Waals surface area contributed by atoms with Gasteiger partial charge in [0, 0.05) is 22.2 Å². The van der Waals surface area contributed by atoms with Crippen molar-refractivity contribution in [3.8, 4) is 11.3 Å². The zero-order valence-corrected chi connectivity index (χ0v) is 17.9. The lowest BCUT2D eigenvalue weighted by Crippen LogP contribution is -2.08. The maximum absolute atomic E-state index is 6.30. The highest BCUT2D eigenvalue weighted by molar-refractivity contribution is 6.67. The van der Waals surface area contributed by atoms with E-state index in [4.69, 9.17) is 34.8 Å². The van der Waals surface area contributed by atoms with Crippen molar-refractivity contribution in [3.05, 3.63) is 70.3 Å². The molecule has 0 saturated carbocycles. The predicted octanol–water partition coefficient (Wildman–Crippen LogP) is 8.05. The number of hydrogen-bond donors (Lipinski definition) is 1. The SMILES string of the molecule is Cc1c(C(Cl)(Cl)Cl)c(C)c2c(C)c(-c3ccc4ccccc4c3)[nH]c2c1C. The Balaban J connectivity index is 2.04. The Morgan fingerprint density at radius 1 is 0.741 bits per heavy atom. The number of aromatic amines is 1. The zero-order chi connectivity index (χ0) is 19.5. The maximum Gasteiger partial charge on any atom is 0.216 e. The van der Waals surface area contributed by atoms with E-state index in [2.05, 4.69) is 61.3 Å². The third kappa shape index (κ3) is 2.93. The molecule has 0 unspecified atom stereocenters. The molecule has 0 aliphatic carbocycles. The van der Waals surface area contributed by atoms with Crippen LogP contribution in [0.2, 0.25) is 0 Å². The van der Waals surface area contributed by atoms with E-state index < -0.39 is 3.79 Å². The molecule has 0 radical (unpaired) electrons. The number of H-pyrrole nitrogens is 1. The van der Waals surface area contributed by atoms with E-state index in [1.165, 1.54) is 16.3 Å². The van der Waals surface area contributed by atoms with E-state index in [1.54, 1.807) is 0 Å². The molecule has 0 fully saturated rings. The minimum absolute atomic E-state index is 0.782. The molecular weight excluding hydrogens is 397 g/mol. The summed E-state index contributed by atoms with van der Waals surface area (Å²) in [7, 11) is 0. The van der Waals surface area contributed by atoms with Gasteiger partial charge in [0.25, 0.3) is 0 Å². The molecule has 4 heteroatoms. The van der Waals surface area contributed by atoms with Gasteiger partial charge in [0.2, 0.25) is 3.79 Å². The second kappa shape index (κ2) is 6.44. The predicted molar refractivity (Wildman–Crippen MR) is 119 cm³/mol. The molecule has 1 N–H and O–H groups in total. The van der Waals surface area contributed by atoms with Crippen LogP contribution in [0.1, 0.15) is 27.8 Å². The van der Waals surface area contributed by atoms with Crippen molar-refractivity contribution in [2.45, 2.75) is 31.5 Å². The van der Waals surface area contributed by atoms with Crippen LogP contribution in [-0.2, 0) is 3.79 Å². The summed E-state index contributed by atoms with van der Waals surface area (Å²) in [5.74, 6) is 0. The van der Waals surface area contributed by atoms with E-state index in [0.717, 1.165) is 44.4 Å². The van der Waals surface area contributed by atoms with Gasteiger partial charge >= 0.3 is 0 Å². The number of hydrogen-bond acceptors (Lipinski definition) is 0. The van der Waals surface area contributed by atoms with Crippen molar-refractivity contribution in [3.63, 3.8) is 0 Å². The van der Waals surface area contributed by atoms with Crippen LogP contribution < -0.4 is 0 Å². The van der Waals surface area contributed by atoms with Crippen molar-refractivity contribution in [2.24, 2.45) is 0 Å². The molecule has 3 aromatic carbocycles. The molecule has 1 nitrogen and oxygen atoms in total. The molecule has 0 spiro atoms. The summed E-state index contributed by atoms with van der Waals surface area (Å²) in [5, 5.41) is 3.60. The third-order valence-electron chi connectivity index (χ3n) is 5.63. The second-order valence-electron chi connectivity index (χ2n) is 7.18. The lowest BCUT2D eigenvalue weighted by Gasteiger charge is -2.20. The van der Waals surface area contributed by atoms with Crippen LogP contribution in [0.4, 0.5) is 0 Å². The first kappa shape index (κ1) is 18.7. The second-order valence-corrected chi connectivity index (χ2v) is 9.47. The molecule has 4 aromatic rings. The first-order valence-electron chi connectivity index (χ1n) is 8.88. The largest absolute Gasteiger partial charge is 0.354 e. The standard InChI is InChI=1S/C23H20Cl3N/c1-12-13(2)22-19(14(3)20(12)23(24,25)26)15(4)21(27-22)18-10-9-16-7-5-6-8-17(16)11-18/h5-11,27H,1-4H3. The van der Waals surface area contributed by atoms with Crippen LogP contribution in [0, 0.1) is 27.7 Å². The number of aryl methyl sites for hydroxylation is 3. The number of rotatable bonds is 1. The Bertz CT molecular complexity index is 1200. The zero-order valence-electron chi connectivity index (χ0n) is 15.7. The monoisotopic (exact) mass is 415 g/mol. The van der Waals surface area contributed by atoms with Gasteiger partial charge in [-0.2, -0.15) is 0 Å². The number of aromatic nitrogens is 1. The van der Waals surface area contributed by atoms with Gasteiger partial charge in [-0.05, 0) is 72.4 Å². The van der Waals surface area contributed by atoms with Gasteiger partial charge in [-0.3, -0.25) is 0 Å². The smallest absolute Gasteiger partial charge is 0.216 e. The first-order valence-corrected chi connectivity index (χ1v) is 10.0. The molecule has 0 amide bonds. The van der Waals surface area contributed by atoms with Crippen molar-refractivity contribution in [1.29, 1.82) is 0 Å². The molecule has 0 bridgehead atoms. The first-order chi connectivity index (χ1) is 12.7. The number of halogens is 3. The van der Waals surface area contributed by atoms with Gasteiger partial charge in [-0.15, -0.1) is 0 Å². The van der Waals surface area contributed by atoms with E-state index in [-0.39, 0.29) is 0 Å². The van der Waals surface area contributed by atoms with Crippen LogP contribution in [0.5, 0.6) is 0 Å². The Kier molecular flexibility index (Phi) is 4.46. The van der Waals surface area contributed by atoms with Crippen molar-refractivity contribution < 1.29 is 0 Å². The van der Waals surface area contributed by atoms with Gasteiger partial charge in [-0.25, -0.2) is 0 Å². The van der Waals surface area contributed by atoms with Gasteiger partial charge < -0.3 is 4.98 Å². The Morgan fingerprint density at radius 3 is 2.07 bits per heavy atom. The van der Waals surface area contributed by atoms with E-state index in [9.17, 15) is 0 Å². The minimum atomic E-state index is -1.44. The van der Waals surface area contributed by atoms with Gasteiger partial charge in [0.05, 0.1) is 0 Å². The fourth-order valence-electron chi connectivity index (χ4n) is 4.18. The lowest BCUT2D eigenvalue weighted by atomic mass is 9.93. The van der Waals surface area contributed by atoms with Gasteiger partial charge in [-0.1, -0.05) is 71.2 Å². The molecule has 27 heavy (non-hydrogen) atoms. The molecule has 138 valence electrons. The third-order valence-corrected chi connectivity index (χ3v) is 6.20. The normalized spacial score (nSPS) is 12.3. The molecule has 0 aliphatic heterocycles. The maximum atomic E-state index is 6.30. The van der Waals surface area contributed by atoms with Crippen LogP contribution >= 0.6 is 34.8 Å². The average molecular weight is 417 g/mol. The summed E-state index contributed by atoms with van der Waals surface area (Å²) in [6, 6.07) is 14.9. The number of fused-ring (bicyclic) bond motifs is 2. The topological polar surface area (TPSA) is 15.8 Å². The highest BCUT2D eigenvalue weighted by atomic mass is 35.6. The van der Waals surface area contributed by atoms with E-state index >= 15 is 0 Å². The number of benzene rings is 3. The molecule has 0 saturated heterocycles. The van der Waals surface area contributed by atoms with E-state index in [0.29, 0.717) is 0 Å². The van der Waals surface area contributed by atoms with Crippen LogP contribution in [-0.4, -0.2) is 4.98 Å². The van der Waals surface area contributed by atoms with Gasteiger partial charge in [0.1, 0.15) is 0 Å². The molecule has 0 atom stereocenters. The number of nitrogens with one attached hydrogen (secondary N) is 1. The Labute approximate surface area is 174 Å². The summed E-state index contributed by atoms with van der Waals surface area (Å²) in [6.07, 6.45) is 0. The van der Waals surface area contributed by atoms with Crippen LogP contribution in [0.25, 0.3) is 32.9 Å². The highest BCUT2D eigenvalue weighted by Crippen LogP contribution is 2.46. The molecule has 1 heterocycles. The minimum Gasteiger partial charge on any atom is -0.354 e. The quantitative estimate of drug-likeness (QED) is 0.302. The van der Waals surface area contributed by atoms with Crippen LogP contribution in [0.15, 0.2) is 42.5 Å². The number of alkyl halides is 3. The lowest BCUT2D eigenvalue weighted by molar-refractivity contribution is 1.14. The van der Waals surface area contributed by atoms with Crippen molar-refractivity contribution >= 4 is 56.5 Å². The van der Waals surface area contributed by atoms with Crippen LogP contribution in [0.3, 0.4) is 0 Å². The summed E-state index contributed by atoms with van der Waals surface area (Å²) in [4.78, 5) is 3.64. The molecule has 1 aromatic heterocycles. The van der Waals surface area contributed by atoms with Crippen molar-refractivity contribution in [2.75, 3.05) is 0 Å². The van der Waals surface area contributed by atoms with E-state index in [1.807, 2.05) is 13.8 Å². The summed E-state index contributed by atoms with van der Waals surface area (Å²) in [6.45, 7) is 8.27. The fraction of sp³-hybridized carbons (Fsp3) is 0.217. The molecule has 0 aliphatic rings. The highest BCUT2D eigenvalue weighted by Gasteiger charge is 2.30. The fourth-order valence-corrected chi connectivity index (χ4v) is 5.03. The summed E-state index contributed by atoms with van der Waals surface area (Å²) < 4.78 is -1.44. The summed E-state index contributed by atoms with van der Waals surface area (Å²) in [5.41, 5.74) is 8.51. The Morgan fingerprint density at radius 2 is 1.41 bits per heavy atom.